The fourth-order valence-corrected chi connectivity index (χ4v) is 3.51. The number of fused-ring (bicyclic) bond motifs is 1. The highest BCUT2D eigenvalue weighted by Crippen LogP contribution is 2.29. The minimum Gasteiger partial charge on any atom is -0.423 e. The second-order valence-corrected chi connectivity index (χ2v) is 7.03. The Balaban J connectivity index is 1.61. The summed E-state index contributed by atoms with van der Waals surface area (Å²) in [5.41, 5.74) is 2.75. The number of hydrogen-bond acceptors (Lipinski definition) is 6. The van der Waals surface area contributed by atoms with Crippen molar-refractivity contribution >= 4 is 34.3 Å². The van der Waals surface area contributed by atoms with Crippen molar-refractivity contribution in [1.29, 1.82) is 0 Å². The third-order valence-corrected chi connectivity index (χ3v) is 5.19. The number of nitrogens with one attached hydrogen (secondary N) is 1. The van der Waals surface area contributed by atoms with Crippen LogP contribution in [0.4, 0.5) is 0 Å². The SMILES string of the molecule is Cc1cc2oc(=O)cc(CSc3n[nH]c(-c4ccncc4)n3)c2cc1Cl. The van der Waals surface area contributed by atoms with Crippen LogP contribution < -0.4 is 5.63 Å². The first kappa shape index (κ1) is 16.8. The molecular formula is C18H13ClN4O2S. The van der Waals surface area contributed by atoms with Gasteiger partial charge in [0.25, 0.3) is 0 Å². The second-order valence-electron chi connectivity index (χ2n) is 5.68. The predicted octanol–water partition coefficient (Wildman–Crippen LogP) is 4.23. The Kier molecular flexibility index (Phi) is 4.48. The van der Waals surface area contributed by atoms with Gasteiger partial charge in [0.1, 0.15) is 5.58 Å². The molecule has 26 heavy (non-hydrogen) atoms. The maximum Gasteiger partial charge on any atom is 0.336 e. The summed E-state index contributed by atoms with van der Waals surface area (Å²) in [5, 5.41) is 9.18. The molecule has 0 spiro atoms. The normalized spacial score (nSPS) is 11.2. The van der Waals surface area contributed by atoms with E-state index in [1.54, 1.807) is 18.5 Å². The number of hydrogen-bond donors (Lipinski definition) is 1. The Morgan fingerprint density at radius 2 is 2.04 bits per heavy atom. The van der Waals surface area contributed by atoms with Crippen molar-refractivity contribution in [3.8, 4) is 11.4 Å². The number of aromatic amines is 1. The van der Waals surface area contributed by atoms with Crippen molar-refractivity contribution in [3.05, 3.63) is 69.3 Å². The lowest BCUT2D eigenvalue weighted by atomic mass is 10.1. The van der Waals surface area contributed by atoms with Gasteiger partial charge in [0.05, 0.1) is 0 Å². The summed E-state index contributed by atoms with van der Waals surface area (Å²) < 4.78 is 5.29. The molecule has 0 aliphatic heterocycles. The van der Waals surface area contributed by atoms with Crippen LogP contribution in [0.3, 0.4) is 0 Å². The first-order valence-corrected chi connectivity index (χ1v) is 9.15. The molecule has 3 heterocycles. The molecule has 0 unspecified atom stereocenters. The maximum absolute atomic E-state index is 11.8. The summed E-state index contributed by atoms with van der Waals surface area (Å²) in [7, 11) is 0. The fourth-order valence-electron chi connectivity index (χ4n) is 2.56. The van der Waals surface area contributed by atoms with Gasteiger partial charge in [-0.3, -0.25) is 10.1 Å². The Labute approximate surface area is 157 Å². The molecule has 3 aromatic heterocycles. The molecule has 6 nitrogen and oxygen atoms in total. The van der Waals surface area contributed by atoms with Crippen molar-refractivity contribution in [2.45, 2.75) is 17.8 Å². The van der Waals surface area contributed by atoms with E-state index >= 15 is 0 Å². The Hall–Kier alpha value is -2.64. The van der Waals surface area contributed by atoms with Crippen molar-refractivity contribution in [2.75, 3.05) is 0 Å². The van der Waals surface area contributed by atoms with E-state index in [2.05, 4.69) is 20.2 Å². The first-order chi connectivity index (χ1) is 12.6. The van der Waals surface area contributed by atoms with Gasteiger partial charge in [0, 0.05) is 40.2 Å². The minimum absolute atomic E-state index is 0.387. The van der Waals surface area contributed by atoms with Gasteiger partial charge in [-0.2, -0.15) is 0 Å². The number of halogens is 1. The van der Waals surface area contributed by atoms with Crippen LogP contribution in [0.15, 0.2) is 57.1 Å². The fraction of sp³-hybridized carbons (Fsp3) is 0.111. The van der Waals surface area contributed by atoms with Gasteiger partial charge in [0.15, 0.2) is 5.82 Å². The number of nitrogens with zero attached hydrogens (tertiary/aromatic N) is 3. The lowest BCUT2D eigenvalue weighted by molar-refractivity contribution is 0.559. The third kappa shape index (κ3) is 3.36. The zero-order valence-corrected chi connectivity index (χ0v) is 15.3. The summed E-state index contributed by atoms with van der Waals surface area (Å²) in [5.74, 6) is 1.20. The van der Waals surface area contributed by atoms with E-state index in [1.165, 1.54) is 17.8 Å². The zero-order valence-electron chi connectivity index (χ0n) is 13.7. The van der Waals surface area contributed by atoms with E-state index in [-0.39, 0.29) is 5.63 Å². The first-order valence-electron chi connectivity index (χ1n) is 7.78. The van der Waals surface area contributed by atoms with Gasteiger partial charge in [0.2, 0.25) is 5.16 Å². The van der Waals surface area contributed by atoms with Crippen LogP contribution in [-0.4, -0.2) is 20.2 Å². The predicted molar refractivity (Wildman–Crippen MR) is 101 cm³/mol. The van der Waals surface area contributed by atoms with E-state index in [1.807, 2.05) is 25.1 Å². The van der Waals surface area contributed by atoms with Gasteiger partial charge in [-0.1, -0.05) is 23.4 Å². The molecule has 0 aliphatic rings. The number of pyridine rings is 1. The maximum atomic E-state index is 11.8. The van der Waals surface area contributed by atoms with Crippen LogP contribution in [0.5, 0.6) is 0 Å². The van der Waals surface area contributed by atoms with Crippen molar-refractivity contribution < 1.29 is 4.42 Å². The van der Waals surface area contributed by atoms with Crippen molar-refractivity contribution in [3.63, 3.8) is 0 Å². The van der Waals surface area contributed by atoms with Gasteiger partial charge in [-0.05, 0) is 42.3 Å². The molecule has 0 saturated carbocycles. The third-order valence-electron chi connectivity index (χ3n) is 3.88. The Bertz CT molecular complexity index is 1140. The van der Waals surface area contributed by atoms with E-state index < -0.39 is 0 Å². The minimum atomic E-state index is -0.387. The summed E-state index contributed by atoms with van der Waals surface area (Å²) >= 11 is 7.66. The molecule has 0 aliphatic carbocycles. The second kappa shape index (κ2) is 6.93. The van der Waals surface area contributed by atoms with E-state index in [0.29, 0.717) is 27.3 Å². The molecule has 0 radical (unpaired) electrons. The van der Waals surface area contributed by atoms with Crippen LogP contribution in [0.1, 0.15) is 11.1 Å². The highest BCUT2D eigenvalue weighted by atomic mass is 35.5. The quantitative estimate of drug-likeness (QED) is 0.418. The average molecular weight is 385 g/mol. The van der Waals surface area contributed by atoms with Crippen LogP contribution in [0.2, 0.25) is 5.02 Å². The number of H-pyrrole nitrogens is 1. The molecule has 1 N–H and O–H groups in total. The lowest BCUT2D eigenvalue weighted by Crippen LogP contribution is -2.00. The molecule has 4 rings (SSSR count). The molecule has 0 saturated heterocycles. The number of aromatic nitrogens is 4. The van der Waals surface area contributed by atoms with Crippen molar-refractivity contribution in [1.82, 2.24) is 20.2 Å². The van der Waals surface area contributed by atoms with Crippen LogP contribution in [0.25, 0.3) is 22.4 Å². The largest absolute Gasteiger partial charge is 0.423 e. The average Bonchev–Trinajstić information content (AvgIpc) is 3.11. The van der Waals surface area contributed by atoms with E-state index in [9.17, 15) is 4.79 Å². The van der Waals surface area contributed by atoms with E-state index in [0.717, 1.165) is 22.1 Å². The Morgan fingerprint density at radius 3 is 2.85 bits per heavy atom. The van der Waals surface area contributed by atoms with Gasteiger partial charge in [-0.15, -0.1) is 5.10 Å². The summed E-state index contributed by atoms with van der Waals surface area (Å²) in [6.07, 6.45) is 3.40. The van der Waals surface area contributed by atoms with Gasteiger partial charge < -0.3 is 4.42 Å². The number of benzene rings is 1. The molecule has 4 aromatic rings. The summed E-state index contributed by atoms with van der Waals surface area (Å²) in [6, 6.07) is 8.80. The van der Waals surface area contributed by atoms with Gasteiger partial charge in [-0.25, -0.2) is 9.78 Å². The summed E-state index contributed by atoms with van der Waals surface area (Å²) in [4.78, 5) is 20.3. The highest BCUT2D eigenvalue weighted by Gasteiger charge is 2.11. The number of thioether (sulfide) groups is 1. The van der Waals surface area contributed by atoms with E-state index in [4.69, 9.17) is 16.0 Å². The molecule has 0 atom stereocenters. The molecule has 8 heteroatoms. The molecule has 0 fully saturated rings. The van der Waals surface area contributed by atoms with Crippen molar-refractivity contribution in [2.24, 2.45) is 0 Å². The monoisotopic (exact) mass is 384 g/mol. The molecule has 0 amide bonds. The lowest BCUT2D eigenvalue weighted by Gasteiger charge is -2.06. The molecule has 130 valence electrons. The molecule has 0 bridgehead atoms. The van der Waals surface area contributed by atoms with Gasteiger partial charge >= 0.3 is 5.63 Å². The number of aryl methyl sites for hydroxylation is 1. The standard InChI is InChI=1S/C18H13ClN4O2S/c1-10-6-15-13(8-14(10)19)12(7-16(24)25-15)9-26-18-21-17(22-23-18)11-2-4-20-5-3-11/h2-8H,9H2,1H3,(H,21,22,23). The smallest absolute Gasteiger partial charge is 0.336 e. The highest BCUT2D eigenvalue weighted by molar-refractivity contribution is 7.98. The topological polar surface area (TPSA) is 84.7 Å². The zero-order chi connectivity index (χ0) is 18.1. The Morgan fingerprint density at radius 1 is 1.23 bits per heavy atom. The number of rotatable bonds is 4. The molecule has 1 aromatic carbocycles. The van der Waals surface area contributed by atoms with Crippen LogP contribution >= 0.6 is 23.4 Å². The molecular weight excluding hydrogens is 372 g/mol. The van der Waals surface area contributed by atoms with Crippen LogP contribution in [-0.2, 0) is 5.75 Å². The van der Waals surface area contributed by atoms with Crippen LogP contribution in [0, 0.1) is 6.92 Å². The summed E-state index contributed by atoms with van der Waals surface area (Å²) in [6.45, 7) is 1.87.